The first-order valence-electron chi connectivity index (χ1n) is 3.77. The van der Waals surface area contributed by atoms with Crippen molar-refractivity contribution in [1.29, 1.82) is 0 Å². The highest BCUT2D eigenvalue weighted by molar-refractivity contribution is 7.66. The van der Waals surface area contributed by atoms with Gasteiger partial charge < -0.3 is 4.52 Å². The fourth-order valence-electron chi connectivity index (χ4n) is 0.986. The van der Waals surface area contributed by atoms with Crippen molar-refractivity contribution in [3.8, 4) is 0 Å². The molecule has 1 aromatic rings. The van der Waals surface area contributed by atoms with Gasteiger partial charge in [-0.2, -0.15) is 0 Å². The summed E-state index contributed by atoms with van der Waals surface area (Å²) in [6, 6.07) is 7.58. The maximum atomic E-state index is 11.7. The van der Waals surface area contributed by atoms with Crippen LogP contribution in [0.1, 0.15) is 5.56 Å². The van der Waals surface area contributed by atoms with Crippen LogP contribution in [-0.2, 0) is 9.09 Å². The van der Waals surface area contributed by atoms with Crippen LogP contribution >= 0.6 is 7.37 Å². The molecular formula is C9H13O2P. The van der Waals surface area contributed by atoms with Crippen molar-refractivity contribution in [2.75, 3.05) is 13.8 Å². The third-order valence-corrected chi connectivity index (χ3v) is 3.73. The van der Waals surface area contributed by atoms with Crippen molar-refractivity contribution in [1.82, 2.24) is 0 Å². The molecule has 0 aliphatic rings. The van der Waals surface area contributed by atoms with Crippen LogP contribution in [0.3, 0.4) is 0 Å². The second-order valence-corrected chi connectivity index (χ2v) is 5.44. The molecule has 0 aromatic heterocycles. The molecule has 0 aliphatic carbocycles. The van der Waals surface area contributed by atoms with E-state index in [0.29, 0.717) is 0 Å². The lowest BCUT2D eigenvalue weighted by atomic mass is 10.2. The Labute approximate surface area is 73.0 Å². The molecule has 0 saturated carbocycles. The molecule has 0 spiro atoms. The lowest BCUT2D eigenvalue weighted by molar-refractivity contribution is 0.408. The summed E-state index contributed by atoms with van der Waals surface area (Å²) in [5.74, 6) is 0. The summed E-state index contributed by atoms with van der Waals surface area (Å²) in [4.78, 5) is 0. The van der Waals surface area contributed by atoms with E-state index in [1.54, 1.807) is 6.66 Å². The van der Waals surface area contributed by atoms with Gasteiger partial charge in [-0.3, -0.25) is 4.57 Å². The zero-order chi connectivity index (χ0) is 9.19. The van der Waals surface area contributed by atoms with Crippen molar-refractivity contribution in [3.63, 3.8) is 0 Å². The minimum atomic E-state index is -2.55. The third kappa shape index (κ3) is 1.96. The lowest BCUT2D eigenvalue weighted by Crippen LogP contribution is -2.04. The zero-order valence-corrected chi connectivity index (χ0v) is 8.47. The normalized spacial score (nSPS) is 15.6. The Hall–Kier alpha value is -0.590. The predicted molar refractivity (Wildman–Crippen MR) is 51.4 cm³/mol. The van der Waals surface area contributed by atoms with E-state index in [-0.39, 0.29) is 0 Å². The first kappa shape index (κ1) is 9.50. The summed E-state index contributed by atoms with van der Waals surface area (Å²) in [6.45, 7) is 3.60. The molecule has 2 nitrogen and oxygen atoms in total. The molecule has 12 heavy (non-hydrogen) atoms. The average Bonchev–Trinajstić information content (AvgIpc) is 2.05. The van der Waals surface area contributed by atoms with Crippen molar-refractivity contribution in [2.24, 2.45) is 0 Å². The molecule has 1 rings (SSSR count). The van der Waals surface area contributed by atoms with Crippen LogP contribution in [-0.4, -0.2) is 13.8 Å². The average molecular weight is 184 g/mol. The van der Waals surface area contributed by atoms with Crippen molar-refractivity contribution < 1.29 is 9.09 Å². The molecule has 1 unspecified atom stereocenters. The van der Waals surface area contributed by atoms with E-state index >= 15 is 0 Å². The van der Waals surface area contributed by atoms with Gasteiger partial charge in [0.1, 0.15) is 0 Å². The molecule has 0 amide bonds. The third-order valence-electron chi connectivity index (χ3n) is 1.82. The zero-order valence-electron chi connectivity index (χ0n) is 7.57. The summed E-state index contributed by atoms with van der Waals surface area (Å²) < 4.78 is 16.6. The monoisotopic (exact) mass is 184 g/mol. The van der Waals surface area contributed by atoms with Crippen LogP contribution in [0, 0.1) is 6.92 Å². The smallest absolute Gasteiger partial charge is 0.228 e. The lowest BCUT2D eigenvalue weighted by Gasteiger charge is -2.10. The van der Waals surface area contributed by atoms with E-state index < -0.39 is 7.37 Å². The quantitative estimate of drug-likeness (QED) is 0.658. The first-order chi connectivity index (χ1) is 5.56. The van der Waals surface area contributed by atoms with Gasteiger partial charge in [-0.25, -0.2) is 0 Å². The molecule has 0 fully saturated rings. The summed E-state index contributed by atoms with van der Waals surface area (Å²) >= 11 is 0. The first-order valence-corrected chi connectivity index (χ1v) is 5.84. The van der Waals surface area contributed by atoms with Gasteiger partial charge in [0.25, 0.3) is 0 Å². The second kappa shape index (κ2) is 3.42. The van der Waals surface area contributed by atoms with Gasteiger partial charge >= 0.3 is 0 Å². The predicted octanol–water partition coefficient (Wildman–Crippen LogP) is 2.17. The maximum Gasteiger partial charge on any atom is 0.228 e. The second-order valence-electron chi connectivity index (χ2n) is 2.87. The summed E-state index contributed by atoms with van der Waals surface area (Å²) in [5, 5.41) is 0.782. The highest BCUT2D eigenvalue weighted by Crippen LogP contribution is 2.39. The van der Waals surface area contributed by atoms with Crippen molar-refractivity contribution >= 4 is 12.7 Å². The Morgan fingerprint density at radius 2 is 2.08 bits per heavy atom. The van der Waals surface area contributed by atoms with E-state index in [2.05, 4.69) is 0 Å². The Bertz CT molecular complexity index is 320. The molecule has 1 aromatic carbocycles. The van der Waals surface area contributed by atoms with E-state index in [1.807, 2.05) is 31.2 Å². The Morgan fingerprint density at radius 1 is 1.42 bits per heavy atom. The van der Waals surface area contributed by atoms with E-state index in [1.165, 1.54) is 7.11 Å². The highest BCUT2D eigenvalue weighted by atomic mass is 31.2. The van der Waals surface area contributed by atoms with Gasteiger partial charge in [-0.05, 0) is 19.1 Å². The number of rotatable bonds is 2. The van der Waals surface area contributed by atoms with E-state index in [4.69, 9.17) is 4.52 Å². The van der Waals surface area contributed by atoms with Crippen LogP contribution < -0.4 is 5.30 Å². The van der Waals surface area contributed by atoms with Crippen molar-refractivity contribution in [2.45, 2.75) is 6.92 Å². The van der Waals surface area contributed by atoms with E-state index in [0.717, 1.165) is 10.9 Å². The van der Waals surface area contributed by atoms with Gasteiger partial charge in [0.05, 0.1) is 0 Å². The fourth-order valence-corrected chi connectivity index (χ4v) is 1.99. The van der Waals surface area contributed by atoms with Gasteiger partial charge in [0.2, 0.25) is 7.37 Å². The van der Waals surface area contributed by atoms with Crippen molar-refractivity contribution in [3.05, 3.63) is 29.8 Å². The Morgan fingerprint density at radius 3 is 2.58 bits per heavy atom. The molecule has 66 valence electrons. The number of hydrogen-bond donors (Lipinski definition) is 0. The minimum absolute atomic E-state index is 0.782. The number of aryl methyl sites for hydroxylation is 1. The highest BCUT2D eigenvalue weighted by Gasteiger charge is 2.16. The van der Waals surface area contributed by atoms with Crippen LogP contribution in [0.15, 0.2) is 24.3 Å². The van der Waals surface area contributed by atoms with Crippen LogP contribution in [0.2, 0.25) is 0 Å². The molecule has 0 heterocycles. The molecule has 0 radical (unpaired) electrons. The van der Waals surface area contributed by atoms with Gasteiger partial charge in [-0.1, -0.05) is 17.7 Å². The standard InChI is InChI=1S/C9H13O2P/c1-8-5-4-6-9(7-8)12(3,10)11-2/h4-7H,1-3H3. The van der Waals surface area contributed by atoms with Gasteiger partial charge in [0, 0.05) is 19.1 Å². The summed E-state index contributed by atoms with van der Waals surface area (Å²) in [5.41, 5.74) is 1.10. The maximum absolute atomic E-state index is 11.7. The number of benzene rings is 1. The topological polar surface area (TPSA) is 26.3 Å². The molecule has 0 saturated heterocycles. The van der Waals surface area contributed by atoms with Crippen LogP contribution in [0.4, 0.5) is 0 Å². The molecular weight excluding hydrogens is 171 g/mol. The minimum Gasteiger partial charge on any atom is -0.329 e. The van der Waals surface area contributed by atoms with Gasteiger partial charge in [0.15, 0.2) is 0 Å². The molecule has 0 aliphatic heterocycles. The largest absolute Gasteiger partial charge is 0.329 e. The van der Waals surface area contributed by atoms with Crippen LogP contribution in [0.5, 0.6) is 0 Å². The van der Waals surface area contributed by atoms with E-state index in [9.17, 15) is 4.57 Å². The SMILES string of the molecule is COP(C)(=O)c1cccc(C)c1. The fraction of sp³-hybridized carbons (Fsp3) is 0.333. The molecule has 3 heteroatoms. The summed E-state index contributed by atoms with van der Waals surface area (Å²) in [7, 11) is -1.08. The summed E-state index contributed by atoms with van der Waals surface area (Å²) in [6.07, 6.45) is 0. The Balaban J connectivity index is 3.12. The molecule has 1 atom stereocenters. The number of hydrogen-bond acceptors (Lipinski definition) is 2. The van der Waals surface area contributed by atoms with Crippen LogP contribution in [0.25, 0.3) is 0 Å². The Kier molecular flexibility index (Phi) is 2.71. The van der Waals surface area contributed by atoms with Gasteiger partial charge in [-0.15, -0.1) is 0 Å². The molecule has 0 bridgehead atoms. The molecule has 0 N–H and O–H groups in total.